The molecular weight excluding hydrogens is 366 g/mol. The van der Waals surface area contributed by atoms with E-state index < -0.39 is 0 Å². The van der Waals surface area contributed by atoms with Gasteiger partial charge in [-0.25, -0.2) is 0 Å². The number of amides is 1. The number of furan rings is 1. The minimum absolute atomic E-state index is 0.0502. The Morgan fingerprint density at radius 1 is 1.28 bits per heavy atom. The van der Waals surface area contributed by atoms with E-state index in [9.17, 15) is 4.79 Å². The molecule has 3 heterocycles. The van der Waals surface area contributed by atoms with Crippen LogP contribution in [-0.4, -0.2) is 67.0 Å². The van der Waals surface area contributed by atoms with Crippen LogP contribution in [0.15, 0.2) is 27.8 Å². The predicted molar refractivity (Wildman–Crippen MR) is 116 cm³/mol. The summed E-state index contributed by atoms with van der Waals surface area (Å²) in [6, 6.07) is 4.43. The third-order valence-corrected chi connectivity index (χ3v) is 5.80. The van der Waals surface area contributed by atoms with E-state index in [1.54, 1.807) is 6.26 Å². The Labute approximate surface area is 174 Å². The third-order valence-electron chi connectivity index (χ3n) is 5.80. The lowest BCUT2D eigenvalue weighted by molar-refractivity contribution is -0.133. The number of guanidine groups is 1. The molecule has 29 heavy (non-hydrogen) atoms. The maximum absolute atomic E-state index is 12.3. The second-order valence-corrected chi connectivity index (χ2v) is 8.42. The van der Waals surface area contributed by atoms with Gasteiger partial charge in [0, 0.05) is 31.6 Å². The van der Waals surface area contributed by atoms with Gasteiger partial charge < -0.3 is 20.0 Å². The molecule has 0 aliphatic carbocycles. The van der Waals surface area contributed by atoms with Gasteiger partial charge >= 0.3 is 0 Å². The van der Waals surface area contributed by atoms with Crippen molar-refractivity contribution in [2.75, 3.05) is 39.3 Å². The van der Waals surface area contributed by atoms with Crippen molar-refractivity contribution in [3.63, 3.8) is 0 Å². The zero-order valence-electron chi connectivity index (χ0n) is 18.2. The summed E-state index contributed by atoms with van der Waals surface area (Å²) in [5.41, 5.74) is 0. The molecule has 0 bridgehead atoms. The molecule has 0 radical (unpaired) electrons. The molecule has 2 saturated heterocycles. The van der Waals surface area contributed by atoms with Gasteiger partial charge in [-0.15, -0.1) is 0 Å². The van der Waals surface area contributed by atoms with Crippen LogP contribution in [-0.2, 0) is 4.79 Å². The lowest BCUT2D eigenvalue weighted by Gasteiger charge is -2.32. The molecule has 3 rings (SSSR count). The summed E-state index contributed by atoms with van der Waals surface area (Å²) in [6.07, 6.45) is 6.49. The highest BCUT2D eigenvalue weighted by molar-refractivity contribution is 5.81. The highest BCUT2D eigenvalue weighted by atomic mass is 16.3. The van der Waals surface area contributed by atoms with Crippen molar-refractivity contribution in [2.24, 2.45) is 10.9 Å². The van der Waals surface area contributed by atoms with Crippen molar-refractivity contribution in [2.45, 2.75) is 58.5 Å². The van der Waals surface area contributed by atoms with Gasteiger partial charge in [-0.2, -0.15) is 0 Å². The van der Waals surface area contributed by atoms with Crippen LogP contribution in [0.2, 0.25) is 0 Å². The average Bonchev–Trinajstić information content (AvgIpc) is 3.41. The van der Waals surface area contributed by atoms with Crippen LogP contribution in [0.1, 0.15) is 58.3 Å². The normalized spacial score (nSPS) is 22.1. The van der Waals surface area contributed by atoms with Crippen molar-refractivity contribution >= 4 is 11.9 Å². The number of piperidine rings is 1. The molecule has 1 aromatic rings. The second-order valence-electron chi connectivity index (χ2n) is 8.42. The maximum Gasteiger partial charge on any atom is 0.225 e. The van der Waals surface area contributed by atoms with Gasteiger partial charge in [-0.1, -0.05) is 20.3 Å². The summed E-state index contributed by atoms with van der Waals surface area (Å²) < 4.78 is 5.74. The molecule has 2 aliphatic rings. The Hall–Kier alpha value is -2.02. The fourth-order valence-corrected chi connectivity index (χ4v) is 4.23. The maximum atomic E-state index is 12.3. The van der Waals surface area contributed by atoms with Crippen molar-refractivity contribution in [1.82, 2.24) is 20.4 Å². The van der Waals surface area contributed by atoms with E-state index in [0.717, 1.165) is 50.9 Å². The van der Waals surface area contributed by atoms with Gasteiger partial charge in [0.15, 0.2) is 5.96 Å². The van der Waals surface area contributed by atoms with Crippen molar-refractivity contribution in [1.29, 1.82) is 0 Å². The first-order valence-electron chi connectivity index (χ1n) is 11.2. The zero-order valence-corrected chi connectivity index (χ0v) is 18.2. The van der Waals surface area contributed by atoms with Gasteiger partial charge in [0.2, 0.25) is 5.91 Å². The first-order valence-corrected chi connectivity index (χ1v) is 11.2. The van der Waals surface area contributed by atoms with E-state index in [1.165, 1.54) is 19.3 Å². The first kappa shape index (κ1) is 21.7. The number of rotatable bonds is 7. The highest BCUT2D eigenvalue weighted by Gasteiger charge is 2.28. The standard InChI is InChI=1S/C22H37N5O2/c1-4-23-22(25-18-10-13-27(16-18)21(28)17(2)3)24-15-19(20-9-8-14-29-20)26-11-6-5-7-12-26/h8-9,14,17-19H,4-7,10-13,15-16H2,1-3H3,(H2,23,24,25). The van der Waals surface area contributed by atoms with Crippen LogP contribution in [0.3, 0.4) is 0 Å². The van der Waals surface area contributed by atoms with Gasteiger partial charge in [-0.05, 0) is 51.4 Å². The first-order chi connectivity index (χ1) is 14.1. The number of nitrogens with one attached hydrogen (secondary N) is 2. The molecule has 7 nitrogen and oxygen atoms in total. The number of hydrogen-bond acceptors (Lipinski definition) is 4. The predicted octanol–water partition coefficient (Wildman–Crippen LogP) is 2.62. The largest absolute Gasteiger partial charge is 0.468 e. The Morgan fingerprint density at radius 3 is 2.72 bits per heavy atom. The Morgan fingerprint density at radius 2 is 2.07 bits per heavy atom. The van der Waals surface area contributed by atoms with Gasteiger partial charge in [0.05, 0.1) is 18.8 Å². The van der Waals surface area contributed by atoms with Crippen molar-refractivity contribution < 1.29 is 9.21 Å². The van der Waals surface area contributed by atoms with Crippen LogP contribution in [0.4, 0.5) is 0 Å². The zero-order chi connectivity index (χ0) is 20.6. The quantitative estimate of drug-likeness (QED) is 0.541. The topological polar surface area (TPSA) is 73.1 Å². The van der Waals surface area contributed by atoms with E-state index in [0.29, 0.717) is 6.54 Å². The van der Waals surface area contributed by atoms with Crippen LogP contribution in [0.5, 0.6) is 0 Å². The smallest absolute Gasteiger partial charge is 0.225 e. The summed E-state index contributed by atoms with van der Waals surface area (Å²) in [7, 11) is 0. The van der Waals surface area contributed by atoms with Crippen LogP contribution in [0, 0.1) is 5.92 Å². The van der Waals surface area contributed by atoms with Gasteiger partial charge in [0.25, 0.3) is 0 Å². The third kappa shape index (κ3) is 5.98. The molecule has 162 valence electrons. The minimum atomic E-state index is 0.0502. The molecule has 1 aromatic heterocycles. The Kier molecular flexibility index (Phi) is 7.98. The fraction of sp³-hybridized carbons (Fsp3) is 0.727. The number of aliphatic imine (C=N–C) groups is 1. The number of likely N-dealkylation sites (tertiary alicyclic amines) is 2. The summed E-state index contributed by atoms with van der Waals surface area (Å²) in [4.78, 5) is 21.6. The molecule has 2 fully saturated rings. The minimum Gasteiger partial charge on any atom is -0.468 e. The molecule has 2 N–H and O–H groups in total. The van der Waals surface area contributed by atoms with E-state index in [1.807, 2.05) is 24.8 Å². The molecule has 2 aliphatic heterocycles. The molecule has 1 amide bonds. The molecule has 0 saturated carbocycles. The fourth-order valence-electron chi connectivity index (χ4n) is 4.23. The number of nitrogens with zero attached hydrogens (tertiary/aromatic N) is 3. The lowest BCUT2D eigenvalue weighted by Crippen LogP contribution is -2.46. The van der Waals surface area contributed by atoms with Crippen molar-refractivity contribution in [3.8, 4) is 0 Å². The summed E-state index contributed by atoms with van der Waals surface area (Å²) in [6.45, 7) is 11.2. The lowest BCUT2D eigenvalue weighted by atomic mass is 10.1. The van der Waals surface area contributed by atoms with Crippen LogP contribution in [0.25, 0.3) is 0 Å². The van der Waals surface area contributed by atoms with E-state index >= 15 is 0 Å². The number of hydrogen-bond donors (Lipinski definition) is 2. The van der Waals surface area contributed by atoms with Crippen LogP contribution >= 0.6 is 0 Å². The summed E-state index contributed by atoms with van der Waals surface area (Å²) in [5.74, 6) is 2.10. The second kappa shape index (κ2) is 10.7. The van der Waals surface area contributed by atoms with E-state index in [2.05, 4.69) is 28.5 Å². The molecule has 2 atom stereocenters. The van der Waals surface area contributed by atoms with E-state index in [4.69, 9.17) is 9.41 Å². The van der Waals surface area contributed by atoms with Crippen molar-refractivity contribution in [3.05, 3.63) is 24.2 Å². The van der Waals surface area contributed by atoms with Crippen LogP contribution < -0.4 is 10.6 Å². The monoisotopic (exact) mass is 403 g/mol. The molecule has 7 heteroatoms. The highest BCUT2D eigenvalue weighted by Crippen LogP contribution is 2.25. The average molecular weight is 404 g/mol. The molecular formula is C22H37N5O2. The molecule has 0 spiro atoms. The van der Waals surface area contributed by atoms with Gasteiger partial charge in [0.1, 0.15) is 5.76 Å². The van der Waals surface area contributed by atoms with E-state index in [-0.39, 0.29) is 23.9 Å². The SMILES string of the molecule is CCNC(=NCC(c1ccco1)N1CCCCC1)NC1CCN(C(=O)C(C)C)C1. The van der Waals surface area contributed by atoms with Gasteiger partial charge in [-0.3, -0.25) is 14.7 Å². The summed E-state index contributed by atoms with van der Waals surface area (Å²) in [5, 5.41) is 6.91. The molecule has 0 aromatic carbocycles. The number of carbonyl (C=O) groups excluding carboxylic acids is 1. The molecule has 2 unspecified atom stereocenters. The summed E-state index contributed by atoms with van der Waals surface area (Å²) >= 11 is 0. The Bertz CT molecular complexity index is 652. The number of carbonyl (C=O) groups is 1. The Balaban J connectivity index is 1.63.